The summed E-state index contributed by atoms with van der Waals surface area (Å²) in [5.41, 5.74) is 2.47. The molecule has 0 atom stereocenters. The Hall–Kier alpha value is -0.500. The summed E-state index contributed by atoms with van der Waals surface area (Å²) in [5.74, 6) is -0.289. The summed E-state index contributed by atoms with van der Waals surface area (Å²) in [6, 6.07) is 0. The summed E-state index contributed by atoms with van der Waals surface area (Å²) in [6.07, 6.45) is 0.378. The minimum atomic E-state index is -4.09. The van der Waals surface area contributed by atoms with Crippen LogP contribution in [0.2, 0.25) is 0 Å². The Morgan fingerprint density at radius 3 is 2.44 bits per heavy atom. The molecule has 0 aliphatic rings. The lowest BCUT2D eigenvalue weighted by molar-refractivity contribution is -0.634. The average molecular weight is 305 g/mol. The molecule has 7 heteroatoms. The molecule has 0 aromatic carbocycles. The molecule has 18 heavy (non-hydrogen) atoms. The van der Waals surface area contributed by atoms with E-state index >= 15 is 0 Å². The smallest absolute Gasteiger partial charge is 0.211 e. The predicted molar refractivity (Wildman–Crippen MR) is 73.3 cm³/mol. The Morgan fingerprint density at radius 2 is 1.89 bits per heavy atom. The van der Waals surface area contributed by atoms with E-state index in [4.69, 9.17) is 0 Å². The topological polar surface area (TPSA) is 61.1 Å². The molecule has 2 aromatic rings. The largest absolute Gasteiger partial charge is 0.748 e. The van der Waals surface area contributed by atoms with E-state index in [2.05, 4.69) is 17.8 Å². The monoisotopic (exact) mass is 305 g/mol. The van der Waals surface area contributed by atoms with Crippen molar-refractivity contribution in [3.63, 3.8) is 0 Å². The second-order valence-electron chi connectivity index (χ2n) is 4.34. The van der Waals surface area contributed by atoms with Crippen LogP contribution in [0.25, 0.3) is 9.40 Å². The summed E-state index contributed by atoms with van der Waals surface area (Å²) in [7, 11) is -4.09. The molecule has 2 aromatic heterocycles. The number of hydrogen-bond acceptors (Lipinski definition) is 5. The summed E-state index contributed by atoms with van der Waals surface area (Å²) in [5, 5.41) is 0. The van der Waals surface area contributed by atoms with Gasteiger partial charge in [0.25, 0.3) is 0 Å². The Balaban J connectivity index is 2.22. The summed E-state index contributed by atoms with van der Waals surface area (Å²) in [4.78, 5) is 1.33. The molecule has 0 bridgehead atoms. The third-order valence-electron chi connectivity index (χ3n) is 2.99. The molecule has 0 unspecified atom stereocenters. The van der Waals surface area contributed by atoms with Crippen LogP contribution in [0.15, 0.2) is 0 Å². The Kier molecular flexibility index (Phi) is 3.77. The van der Waals surface area contributed by atoms with Crippen molar-refractivity contribution < 1.29 is 16.9 Å². The standard InChI is InChI=1S/C11H15NO3S3/c1-7-9(3)16-11-8(2)12(17-10(7)11)5-4-6-18(13,14)15/h4-6H2,1-3H3. The maximum absolute atomic E-state index is 10.6. The third-order valence-corrected chi connectivity index (χ3v) is 6.59. The fourth-order valence-electron chi connectivity index (χ4n) is 1.84. The van der Waals surface area contributed by atoms with E-state index in [9.17, 15) is 13.0 Å². The van der Waals surface area contributed by atoms with E-state index in [1.54, 1.807) is 22.9 Å². The van der Waals surface area contributed by atoms with Gasteiger partial charge in [0, 0.05) is 24.0 Å². The highest BCUT2D eigenvalue weighted by atomic mass is 32.2. The van der Waals surface area contributed by atoms with Gasteiger partial charge < -0.3 is 4.55 Å². The molecule has 0 N–H and O–H groups in total. The fraction of sp³-hybridized carbons (Fsp3) is 0.545. The van der Waals surface area contributed by atoms with E-state index in [1.807, 2.05) is 6.92 Å². The number of aromatic nitrogens is 1. The van der Waals surface area contributed by atoms with E-state index in [1.165, 1.54) is 25.5 Å². The van der Waals surface area contributed by atoms with Crippen LogP contribution in [-0.4, -0.2) is 18.7 Å². The number of rotatable bonds is 4. The van der Waals surface area contributed by atoms with Crippen molar-refractivity contribution in [1.82, 2.24) is 0 Å². The summed E-state index contributed by atoms with van der Waals surface area (Å²) < 4.78 is 36.3. The SMILES string of the molecule is Cc1sc2c(C)[n+](CCCS(=O)(=O)[O-])sc2c1C. The highest BCUT2D eigenvalue weighted by Gasteiger charge is 2.21. The molecule has 0 radical (unpaired) electrons. The Bertz CT molecular complexity index is 682. The maximum Gasteiger partial charge on any atom is 0.211 e. The molecule has 0 amide bonds. The number of fused-ring (bicyclic) bond motifs is 1. The van der Waals surface area contributed by atoms with Gasteiger partial charge >= 0.3 is 0 Å². The zero-order chi connectivity index (χ0) is 13.5. The van der Waals surface area contributed by atoms with Gasteiger partial charge in [-0.1, -0.05) is 0 Å². The first-order valence-corrected chi connectivity index (χ1v) is 8.79. The van der Waals surface area contributed by atoms with Gasteiger partial charge in [-0.25, -0.2) is 8.42 Å². The third kappa shape index (κ3) is 2.74. The molecule has 0 fully saturated rings. The van der Waals surface area contributed by atoms with E-state index < -0.39 is 10.1 Å². The van der Waals surface area contributed by atoms with E-state index in [0.717, 1.165) is 0 Å². The van der Waals surface area contributed by atoms with Crippen molar-refractivity contribution in [3.05, 3.63) is 16.1 Å². The lowest BCUT2D eigenvalue weighted by atomic mass is 10.3. The Labute approximate surface area is 115 Å². The van der Waals surface area contributed by atoms with Gasteiger partial charge in [0.1, 0.15) is 20.9 Å². The molecule has 0 saturated carbocycles. The Morgan fingerprint density at radius 1 is 1.22 bits per heavy atom. The van der Waals surface area contributed by atoms with Crippen LogP contribution in [-0.2, 0) is 16.7 Å². The zero-order valence-corrected chi connectivity index (χ0v) is 13.0. The van der Waals surface area contributed by atoms with Crippen LogP contribution >= 0.6 is 22.9 Å². The van der Waals surface area contributed by atoms with Gasteiger partial charge in [-0.05, 0) is 19.4 Å². The molecule has 2 rings (SSSR count). The van der Waals surface area contributed by atoms with Gasteiger partial charge in [0.15, 0.2) is 6.54 Å². The summed E-state index contributed by atoms with van der Waals surface area (Å²) in [6.45, 7) is 6.86. The van der Waals surface area contributed by atoms with Crippen molar-refractivity contribution >= 4 is 42.4 Å². The molecule has 0 spiro atoms. The van der Waals surface area contributed by atoms with Crippen LogP contribution in [0.3, 0.4) is 0 Å². The minimum absolute atomic E-state index is 0.289. The highest BCUT2D eigenvalue weighted by molar-refractivity contribution is 7.85. The van der Waals surface area contributed by atoms with Crippen molar-refractivity contribution in [2.45, 2.75) is 33.7 Å². The number of aryl methyl sites for hydroxylation is 4. The number of hydrogen-bond donors (Lipinski definition) is 0. The van der Waals surface area contributed by atoms with Gasteiger partial charge in [-0.2, -0.15) is 0 Å². The predicted octanol–water partition coefficient (Wildman–Crippen LogP) is 2.11. The second kappa shape index (κ2) is 4.88. The van der Waals surface area contributed by atoms with Gasteiger partial charge in [0.05, 0.1) is 10.1 Å². The van der Waals surface area contributed by atoms with Crippen LogP contribution in [0, 0.1) is 20.8 Å². The average Bonchev–Trinajstić information content (AvgIpc) is 2.68. The molecule has 0 aliphatic heterocycles. The molecule has 100 valence electrons. The molecule has 0 saturated heterocycles. The van der Waals surface area contributed by atoms with Gasteiger partial charge in [-0.15, -0.1) is 15.3 Å². The van der Waals surface area contributed by atoms with Crippen molar-refractivity contribution in [1.29, 1.82) is 0 Å². The summed E-state index contributed by atoms with van der Waals surface area (Å²) >= 11 is 3.43. The van der Waals surface area contributed by atoms with Crippen LogP contribution < -0.4 is 3.96 Å². The molecule has 2 heterocycles. The first-order valence-electron chi connectivity index (χ1n) is 5.62. The van der Waals surface area contributed by atoms with Gasteiger partial charge in [0.2, 0.25) is 5.69 Å². The zero-order valence-electron chi connectivity index (χ0n) is 10.5. The molecular formula is C11H15NO3S3. The van der Waals surface area contributed by atoms with Crippen molar-refractivity contribution in [2.24, 2.45) is 0 Å². The van der Waals surface area contributed by atoms with Crippen LogP contribution in [0.5, 0.6) is 0 Å². The van der Waals surface area contributed by atoms with E-state index in [0.29, 0.717) is 13.0 Å². The highest BCUT2D eigenvalue weighted by Crippen LogP contribution is 2.34. The normalized spacial score (nSPS) is 12.4. The number of nitrogens with zero attached hydrogens (tertiary/aromatic N) is 1. The maximum atomic E-state index is 10.6. The van der Waals surface area contributed by atoms with Crippen LogP contribution in [0.4, 0.5) is 0 Å². The van der Waals surface area contributed by atoms with E-state index in [-0.39, 0.29) is 5.75 Å². The van der Waals surface area contributed by atoms with Crippen molar-refractivity contribution in [2.75, 3.05) is 5.75 Å². The van der Waals surface area contributed by atoms with Crippen LogP contribution in [0.1, 0.15) is 22.6 Å². The molecule has 4 nitrogen and oxygen atoms in total. The first-order chi connectivity index (χ1) is 8.29. The molecular weight excluding hydrogens is 290 g/mol. The molecule has 0 aliphatic carbocycles. The van der Waals surface area contributed by atoms with Gasteiger partial charge in [-0.3, -0.25) is 0 Å². The second-order valence-corrected chi connectivity index (χ2v) is 8.12. The lowest BCUT2D eigenvalue weighted by Gasteiger charge is -2.03. The van der Waals surface area contributed by atoms with Crippen molar-refractivity contribution in [3.8, 4) is 0 Å². The quantitative estimate of drug-likeness (QED) is 0.642. The number of thiophene rings is 1. The minimum Gasteiger partial charge on any atom is -0.748 e. The first kappa shape index (κ1) is 13.9. The fourth-order valence-corrected chi connectivity index (χ4v) is 4.94. The lowest BCUT2D eigenvalue weighted by Crippen LogP contribution is -2.32.